The van der Waals surface area contributed by atoms with E-state index in [4.69, 9.17) is 4.74 Å². The van der Waals surface area contributed by atoms with Gasteiger partial charge >= 0.3 is 17.7 Å². The Labute approximate surface area is 353 Å². The number of phenolic OH excluding ortho intramolecular Hbond substituents is 2. The van der Waals surface area contributed by atoms with Crippen LogP contribution in [-0.4, -0.2) is 120 Å². The van der Waals surface area contributed by atoms with E-state index in [0.29, 0.717) is 11.3 Å². The van der Waals surface area contributed by atoms with Crippen molar-refractivity contribution >= 4 is 41.5 Å². The molecule has 1 saturated heterocycles. The van der Waals surface area contributed by atoms with Crippen LogP contribution in [0.5, 0.6) is 11.5 Å². The van der Waals surface area contributed by atoms with Crippen LogP contribution in [0.4, 0.5) is 4.79 Å². The molecule has 1 fully saturated rings. The summed E-state index contributed by atoms with van der Waals surface area (Å²) in [6, 6.07) is 4.56. The molecule has 61 heavy (non-hydrogen) atoms. The van der Waals surface area contributed by atoms with Gasteiger partial charge in [-0.05, 0) is 79.7 Å². The minimum Gasteiger partial charge on any atom is -0.508 e. The molecule has 0 radical (unpaired) electrons. The molecule has 3 aromatic rings. The molecule has 10 N–H and O–H groups in total. The Morgan fingerprint density at radius 3 is 2.41 bits per heavy atom. The number of amides is 5. The lowest BCUT2D eigenvalue weighted by molar-refractivity contribution is -0.139. The molecule has 21 heteroatoms. The second-order valence-electron chi connectivity index (χ2n) is 14.8. The number of fused-ring (bicyclic) bond motifs is 1. The average Bonchev–Trinajstić information content (AvgIpc) is 3.58. The molecule has 5 rings (SSSR count). The summed E-state index contributed by atoms with van der Waals surface area (Å²) in [6.45, 7) is 3.40. The molecule has 2 aliphatic heterocycles. The lowest BCUT2D eigenvalue weighted by Crippen LogP contribution is -2.62. The first-order valence-electron chi connectivity index (χ1n) is 19.3. The SMILES string of the molecule is CSCC[C@H](NC(=O)N[C@H](Cc1cccc(O)c1)C(=O)O)C(=O)N[C@H](C(=O)N/C=C1/C[C@H](O)[C@@H](n2ccc(=O)[nH]c2=O)O1)[C@H](C)N(C)C(=O)[C@H]1Cc2cc(O)ccc2[C@@H](C)N1. The number of carboxylic acids is 1. The third-order valence-electron chi connectivity index (χ3n) is 10.5. The number of carboxylic acid groups (broad SMARTS) is 1. The van der Waals surface area contributed by atoms with Crippen molar-refractivity contribution in [3.63, 3.8) is 0 Å². The number of nitrogens with zero attached hydrogens (tertiary/aromatic N) is 2. The molecule has 1 aromatic heterocycles. The van der Waals surface area contributed by atoms with Crippen LogP contribution in [-0.2, 0) is 36.8 Å². The lowest BCUT2D eigenvalue weighted by Gasteiger charge is -2.37. The second-order valence-corrected chi connectivity index (χ2v) is 15.8. The number of aromatic hydroxyl groups is 2. The molecule has 3 heterocycles. The average molecular weight is 867 g/mol. The standard InChI is InChI=1S/C40H50N8O12S/c1-20-27-9-8-25(50)16-23(27)17-29(42-20)36(55)47(3)21(2)33(35(54)41-19-26-18-31(51)37(60-26)48-12-10-32(52)45-40(48)59)46-34(53)28(11-13-61-4)43-39(58)44-30(38(56)57)15-22-6-5-7-24(49)14-22/h5-10,12,14,16,19-21,28-31,33,37,42,49-51H,11,13,15,17-18H2,1-4H3,(H,41,54)(H,46,53)(H,56,57)(H2,43,44,58)(H,45,52,59)/b26-19-/t20-,21+,28+,29-,30-,31+,33+,37+/m1/s1. The molecule has 328 valence electrons. The normalized spacial score (nSPS) is 20.8. The van der Waals surface area contributed by atoms with Crippen molar-refractivity contribution in [2.75, 3.05) is 19.1 Å². The van der Waals surface area contributed by atoms with Crippen molar-refractivity contribution in [3.8, 4) is 11.5 Å². The maximum absolute atomic E-state index is 14.1. The number of aromatic amines is 1. The molecule has 2 aromatic carbocycles. The zero-order valence-electron chi connectivity index (χ0n) is 33.8. The van der Waals surface area contributed by atoms with E-state index in [0.717, 1.165) is 34.2 Å². The van der Waals surface area contributed by atoms with Gasteiger partial charge in [-0.25, -0.2) is 14.4 Å². The molecule has 0 saturated carbocycles. The largest absolute Gasteiger partial charge is 0.508 e. The Balaban J connectivity index is 1.36. The number of urea groups is 1. The molecule has 0 aliphatic carbocycles. The number of H-pyrrole nitrogens is 1. The van der Waals surface area contributed by atoms with Gasteiger partial charge in [-0.15, -0.1) is 0 Å². The van der Waals surface area contributed by atoms with Gasteiger partial charge in [-0.2, -0.15) is 11.8 Å². The van der Waals surface area contributed by atoms with Gasteiger partial charge in [-0.1, -0.05) is 18.2 Å². The van der Waals surface area contributed by atoms with Gasteiger partial charge in [0.2, 0.25) is 23.9 Å². The van der Waals surface area contributed by atoms with Gasteiger partial charge in [0.25, 0.3) is 5.56 Å². The third kappa shape index (κ3) is 11.7. The van der Waals surface area contributed by atoms with Gasteiger partial charge < -0.3 is 51.3 Å². The maximum Gasteiger partial charge on any atom is 0.331 e. The maximum atomic E-state index is 14.1. The summed E-state index contributed by atoms with van der Waals surface area (Å²) in [6.07, 6.45) is 1.52. The highest BCUT2D eigenvalue weighted by Gasteiger charge is 2.38. The zero-order valence-corrected chi connectivity index (χ0v) is 34.6. The Kier molecular flexibility index (Phi) is 15.2. The number of ether oxygens (including phenoxy) is 1. The smallest absolute Gasteiger partial charge is 0.331 e. The fraction of sp³-hybridized carbons (Fsp3) is 0.425. The second kappa shape index (κ2) is 20.3. The predicted octanol–water partition coefficient (Wildman–Crippen LogP) is -0.0908. The van der Waals surface area contributed by atoms with Crippen molar-refractivity contribution in [1.82, 2.24) is 41.0 Å². The number of carbonyl (C=O) groups is 5. The summed E-state index contributed by atoms with van der Waals surface area (Å²) >= 11 is 1.37. The van der Waals surface area contributed by atoms with E-state index in [1.54, 1.807) is 30.5 Å². The predicted molar refractivity (Wildman–Crippen MR) is 221 cm³/mol. The number of likely N-dealkylation sites (N-methyl/N-ethyl adjacent to an activating group) is 1. The van der Waals surface area contributed by atoms with Crippen LogP contribution in [0.15, 0.2) is 76.3 Å². The number of aliphatic carboxylic acids is 1. The zero-order chi connectivity index (χ0) is 44.5. The van der Waals surface area contributed by atoms with Crippen molar-refractivity contribution in [2.24, 2.45) is 0 Å². The molecule has 5 amide bonds. The van der Waals surface area contributed by atoms with E-state index in [2.05, 4.69) is 31.6 Å². The summed E-state index contributed by atoms with van der Waals surface area (Å²) in [5.41, 5.74) is 0.611. The van der Waals surface area contributed by atoms with Crippen LogP contribution in [0.3, 0.4) is 0 Å². The van der Waals surface area contributed by atoms with E-state index in [1.807, 2.05) is 6.92 Å². The first kappa shape index (κ1) is 45.8. The van der Waals surface area contributed by atoms with Gasteiger partial charge in [-0.3, -0.25) is 34.0 Å². The van der Waals surface area contributed by atoms with Gasteiger partial charge in [0, 0.05) is 44.4 Å². The number of thioether (sulfide) groups is 1. The Morgan fingerprint density at radius 2 is 1.72 bits per heavy atom. The topological polar surface area (TPSA) is 294 Å². The van der Waals surface area contributed by atoms with Crippen LogP contribution >= 0.6 is 11.8 Å². The Morgan fingerprint density at radius 1 is 1.00 bits per heavy atom. The van der Waals surface area contributed by atoms with Crippen LogP contribution in [0.1, 0.15) is 55.6 Å². The van der Waals surface area contributed by atoms with Crippen LogP contribution in [0, 0.1) is 0 Å². The fourth-order valence-corrected chi connectivity index (χ4v) is 7.60. The molecular formula is C40H50N8O12S. The summed E-state index contributed by atoms with van der Waals surface area (Å²) in [7, 11) is 1.46. The van der Waals surface area contributed by atoms with Crippen molar-refractivity contribution in [2.45, 2.75) is 88.1 Å². The third-order valence-corrected chi connectivity index (χ3v) is 11.1. The molecule has 0 bridgehead atoms. The van der Waals surface area contributed by atoms with Crippen molar-refractivity contribution in [3.05, 3.63) is 104 Å². The number of phenols is 2. The van der Waals surface area contributed by atoms with Gasteiger partial charge in [0.05, 0.1) is 12.1 Å². The fourth-order valence-electron chi connectivity index (χ4n) is 7.12. The molecule has 0 spiro atoms. The van der Waals surface area contributed by atoms with Crippen LogP contribution < -0.4 is 37.8 Å². The van der Waals surface area contributed by atoms with E-state index in [1.165, 1.54) is 48.8 Å². The highest BCUT2D eigenvalue weighted by molar-refractivity contribution is 7.98. The Bertz CT molecular complexity index is 2270. The van der Waals surface area contributed by atoms with Crippen LogP contribution in [0.25, 0.3) is 0 Å². The molecule has 8 atom stereocenters. The molecule has 0 unspecified atom stereocenters. The number of hydrogen-bond donors (Lipinski definition) is 10. The highest BCUT2D eigenvalue weighted by Crippen LogP contribution is 2.31. The first-order valence-corrected chi connectivity index (χ1v) is 20.7. The number of benzene rings is 2. The van der Waals surface area contributed by atoms with E-state index in [9.17, 15) is 54.0 Å². The summed E-state index contributed by atoms with van der Waals surface area (Å²) in [5.74, 6) is -3.10. The summed E-state index contributed by atoms with van der Waals surface area (Å²) < 4.78 is 6.71. The van der Waals surface area contributed by atoms with E-state index >= 15 is 0 Å². The lowest BCUT2D eigenvalue weighted by atomic mass is 9.90. The molecule has 2 aliphatic rings. The summed E-state index contributed by atoms with van der Waals surface area (Å²) in [4.78, 5) is 94.8. The number of carbonyl (C=O) groups excluding carboxylic acids is 4. The van der Waals surface area contributed by atoms with Gasteiger partial charge in [0.15, 0.2) is 0 Å². The highest BCUT2D eigenvalue weighted by atomic mass is 32.2. The van der Waals surface area contributed by atoms with Crippen LogP contribution in [0.2, 0.25) is 0 Å². The minimum absolute atomic E-state index is 0.0402. The van der Waals surface area contributed by atoms with E-state index < -0.39 is 83.5 Å². The van der Waals surface area contributed by atoms with Crippen molar-refractivity contribution in [1.29, 1.82) is 0 Å². The molecule has 20 nitrogen and oxygen atoms in total. The van der Waals surface area contributed by atoms with E-state index in [-0.39, 0.29) is 49.0 Å². The Hall–Kier alpha value is -6.32. The quantitative estimate of drug-likeness (QED) is 0.0901. The monoisotopic (exact) mass is 866 g/mol. The molecular weight excluding hydrogens is 817 g/mol. The first-order chi connectivity index (χ1) is 28.9. The number of aliphatic hydroxyl groups is 1. The number of hydrogen-bond acceptors (Lipinski definition) is 13. The summed E-state index contributed by atoms with van der Waals surface area (Å²) in [5, 5.41) is 53.8. The number of rotatable bonds is 16. The minimum atomic E-state index is -1.49. The number of aliphatic hydroxyl groups excluding tert-OH is 1. The van der Waals surface area contributed by atoms with Gasteiger partial charge in [0.1, 0.15) is 41.5 Å². The number of nitrogens with one attached hydrogen (secondary N) is 6. The van der Waals surface area contributed by atoms with Crippen molar-refractivity contribution < 1.29 is 49.1 Å². The number of aromatic nitrogens is 2.